The van der Waals surface area contributed by atoms with Crippen molar-refractivity contribution < 1.29 is 4.74 Å². The van der Waals surface area contributed by atoms with E-state index in [1.54, 1.807) is 12.4 Å². The first-order chi connectivity index (χ1) is 11.3. The van der Waals surface area contributed by atoms with Gasteiger partial charge in [-0.15, -0.1) is 0 Å². The molecular formula is C18H16BrN3O. The van der Waals surface area contributed by atoms with E-state index in [0.29, 0.717) is 6.01 Å². The highest BCUT2D eigenvalue weighted by atomic mass is 79.9. The smallest absolute Gasteiger partial charge is 0.321 e. The molecule has 1 aromatic carbocycles. The molecule has 0 fully saturated rings. The molecule has 0 saturated carbocycles. The molecule has 2 aliphatic rings. The van der Waals surface area contributed by atoms with Crippen molar-refractivity contribution in [2.75, 3.05) is 13.1 Å². The fourth-order valence-corrected chi connectivity index (χ4v) is 3.08. The van der Waals surface area contributed by atoms with Gasteiger partial charge in [-0.25, -0.2) is 9.97 Å². The number of allylic oxidation sites excluding steroid dienone is 3. The van der Waals surface area contributed by atoms with Crippen LogP contribution in [0.15, 0.2) is 59.0 Å². The van der Waals surface area contributed by atoms with Gasteiger partial charge in [0.05, 0.1) is 4.47 Å². The Balaban J connectivity index is 1.50. The van der Waals surface area contributed by atoms with Crippen molar-refractivity contribution >= 4 is 15.9 Å². The zero-order valence-corrected chi connectivity index (χ0v) is 14.2. The summed E-state index contributed by atoms with van der Waals surface area (Å²) in [7, 11) is 0. The molecule has 116 valence electrons. The summed E-state index contributed by atoms with van der Waals surface area (Å²) in [4.78, 5) is 10.8. The van der Waals surface area contributed by atoms with E-state index in [-0.39, 0.29) is 0 Å². The van der Waals surface area contributed by atoms with Crippen LogP contribution in [-0.2, 0) is 12.8 Å². The molecule has 0 bridgehead atoms. The molecule has 4 nitrogen and oxygen atoms in total. The van der Waals surface area contributed by atoms with Crippen LogP contribution < -0.4 is 4.74 Å². The molecule has 0 unspecified atom stereocenters. The van der Waals surface area contributed by atoms with Crippen LogP contribution in [0, 0.1) is 0 Å². The Labute approximate surface area is 143 Å². The van der Waals surface area contributed by atoms with Crippen LogP contribution in [-0.4, -0.2) is 28.0 Å². The lowest BCUT2D eigenvalue weighted by atomic mass is 10.0. The van der Waals surface area contributed by atoms with Gasteiger partial charge in [0.1, 0.15) is 5.75 Å². The molecule has 0 atom stereocenters. The number of ether oxygens (including phenoxy) is 1. The first kappa shape index (κ1) is 14.5. The first-order valence-electron chi connectivity index (χ1n) is 7.68. The van der Waals surface area contributed by atoms with E-state index in [0.717, 1.165) is 36.2 Å². The number of aromatic nitrogens is 2. The molecule has 0 amide bonds. The predicted octanol–water partition coefficient (Wildman–Crippen LogP) is 3.89. The van der Waals surface area contributed by atoms with Crippen molar-refractivity contribution in [3.05, 3.63) is 70.1 Å². The van der Waals surface area contributed by atoms with Crippen LogP contribution >= 0.6 is 15.9 Å². The van der Waals surface area contributed by atoms with E-state index < -0.39 is 0 Å². The molecular weight excluding hydrogens is 354 g/mol. The van der Waals surface area contributed by atoms with Crippen molar-refractivity contribution in [3.63, 3.8) is 0 Å². The monoisotopic (exact) mass is 369 g/mol. The number of hydrogen-bond donors (Lipinski definition) is 0. The molecule has 1 aromatic heterocycles. The van der Waals surface area contributed by atoms with E-state index in [4.69, 9.17) is 4.74 Å². The average Bonchev–Trinajstić information content (AvgIpc) is 2.71. The molecule has 1 aliphatic heterocycles. The van der Waals surface area contributed by atoms with Crippen molar-refractivity contribution in [1.29, 1.82) is 0 Å². The minimum atomic E-state index is 0.369. The maximum Gasteiger partial charge on any atom is 0.321 e. The fourth-order valence-electron chi connectivity index (χ4n) is 2.87. The van der Waals surface area contributed by atoms with Gasteiger partial charge in [0.2, 0.25) is 0 Å². The Morgan fingerprint density at radius 1 is 1.04 bits per heavy atom. The zero-order valence-electron chi connectivity index (χ0n) is 12.6. The largest absolute Gasteiger partial charge is 0.424 e. The number of benzene rings is 1. The van der Waals surface area contributed by atoms with Crippen LogP contribution in [0.25, 0.3) is 0 Å². The second-order valence-electron chi connectivity index (χ2n) is 5.65. The molecule has 2 heterocycles. The molecule has 0 radical (unpaired) electrons. The Morgan fingerprint density at radius 2 is 1.78 bits per heavy atom. The first-order valence-corrected chi connectivity index (χ1v) is 8.48. The van der Waals surface area contributed by atoms with Crippen molar-refractivity contribution in [3.8, 4) is 11.8 Å². The minimum absolute atomic E-state index is 0.369. The predicted molar refractivity (Wildman–Crippen MR) is 92.5 cm³/mol. The number of rotatable bonds is 3. The standard InChI is InChI=1S/C18H16BrN3O/c19-15-11-20-18(21-12-15)23-17-5-4-13-6-8-22(16-2-1-3-16)9-7-14(13)10-17/h1-5,10-12H,6-9H2. The highest BCUT2D eigenvalue weighted by molar-refractivity contribution is 9.10. The van der Waals surface area contributed by atoms with Crippen molar-refractivity contribution in [1.82, 2.24) is 14.9 Å². The Morgan fingerprint density at radius 3 is 2.48 bits per heavy atom. The SMILES string of the molecule is Brc1cnc(Oc2ccc3c(c2)CCN(C2=CC=C2)CC3)nc1. The van der Waals surface area contributed by atoms with Crippen LogP contribution in [0.4, 0.5) is 0 Å². The Kier molecular flexibility index (Phi) is 3.87. The maximum absolute atomic E-state index is 5.77. The van der Waals surface area contributed by atoms with E-state index in [2.05, 4.69) is 61.2 Å². The summed E-state index contributed by atoms with van der Waals surface area (Å²) in [6.07, 6.45) is 11.9. The zero-order chi connectivity index (χ0) is 15.6. The summed E-state index contributed by atoms with van der Waals surface area (Å²) < 4.78 is 6.61. The van der Waals surface area contributed by atoms with E-state index >= 15 is 0 Å². The second-order valence-corrected chi connectivity index (χ2v) is 6.57. The third-order valence-electron chi connectivity index (χ3n) is 4.18. The average molecular weight is 370 g/mol. The minimum Gasteiger partial charge on any atom is -0.424 e. The van der Waals surface area contributed by atoms with Crippen LogP contribution in [0.2, 0.25) is 0 Å². The lowest BCUT2D eigenvalue weighted by Crippen LogP contribution is -2.26. The fraction of sp³-hybridized carbons (Fsp3) is 0.222. The van der Waals surface area contributed by atoms with Gasteiger partial charge >= 0.3 is 6.01 Å². The van der Waals surface area contributed by atoms with Gasteiger partial charge in [-0.2, -0.15) is 0 Å². The van der Waals surface area contributed by atoms with Gasteiger partial charge in [0.25, 0.3) is 0 Å². The lowest BCUT2D eigenvalue weighted by molar-refractivity contribution is 0.369. The maximum atomic E-state index is 5.77. The van der Waals surface area contributed by atoms with Crippen molar-refractivity contribution in [2.24, 2.45) is 0 Å². The summed E-state index contributed by atoms with van der Waals surface area (Å²) in [6.45, 7) is 2.11. The quantitative estimate of drug-likeness (QED) is 0.822. The van der Waals surface area contributed by atoms with E-state index in [1.807, 2.05) is 6.07 Å². The van der Waals surface area contributed by atoms with Gasteiger partial charge in [-0.1, -0.05) is 12.1 Å². The molecule has 0 saturated heterocycles. The summed E-state index contributed by atoms with van der Waals surface area (Å²) in [6, 6.07) is 6.66. The molecule has 0 N–H and O–H groups in total. The number of fused-ring (bicyclic) bond motifs is 1. The van der Waals surface area contributed by atoms with E-state index in [9.17, 15) is 0 Å². The number of hydrogen-bond acceptors (Lipinski definition) is 4. The number of halogens is 1. The molecule has 2 aromatic rings. The molecule has 4 rings (SSSR count). The van der Waals surface area contributed by atoms with Crippen LogP contribution in [0.5, 0.6) is 11.8 Å². The van der Waals surface area contributed by atoms with Crippen molar-refractivity contribution in [2.45, 2.75) is 12.8 Å². The molecule has 0 spiro atoms. The summed E-state index contributed by atoms with van der Waals surface area (Å²) >= 11 is 3.32. The number of nitrogens with zero attached hydrogens (tertiary/aromatic N) is 3. The second kappa shape index (κ2) is 6.16. The third-order valence-corrected chi connectivity index (χ3v) is 4.59. The van der Waals surface area contributed by atoms with Gasteiger partial charge in [0.15, 0.2) is 0 Å². The topological polar surface area (TPSA) is 38.2 Å². The normalized spacial score (nSPS) is 16.2. The Hall–Kier alpha value is -2.14. The van der Waals surface area contributed by atoms with Crippen LogP contribution in [0.1, 0.15) is 11.1 Å². The summed E-state index contributed by atoms with van der Waals surface area (Å²) in [5, 5.41) is 0. The van der Waals surface area contributed by atoms with Gasteiger partial charge < -0.3 is 9.64 Å². The highest BCUT2D eigenvalue weighted by Gasteiger charge is 2.17. The molecule has 5 heteroatoms. The van der Waals surface area contributed by atoms with E-state index in [1.165, 1.54) is 16.8 Å². The van der Waals surface area contributed by atoms with Gasteiger partial charge in [-0.05, 0) is 64.2 Å². The molecule has 1 aliphatic carbocycles. The Bertz CT molecular complexity index is 783. The summed E-state index contributed by atoms with van der Waals surface area (Å²) in [5.41, 5.74) is 4.10. The molecule has 23 heavy (non-hydrogen) atoms. The lowest BCUT2D eigenvalue weighted by Gasteiger charge is -2.26. The van der Waals surface area contributed by atoms with Gasteiger partial charge in [0, 0.05) is 31.2 Å². The summed E-state index contributed by atoms with van der Waals surface area (Å²) in [5.74, 6) is 0.794. The van der Waals surface area contributed by atoms with Gasteiger partial charge in [-0.3, -0.25) is 0 Å². The third kappa shape index (κ3) is 3.15. The van der Waals surface area contributed by atoms with Crippen LogP contribution in [0.3, 0.4) is 0 Å². The highest BCUT2D eigenvalue weighted by Crippen LogP contribution is 2.26.